The molecule has 0 amide bonds. The topological polar surface area (TPSA) is 0 Å². The minimum Gasteiger partial charge on any atom is -0.0543 e. The monoisotopic (exact) mass is 278 g/mol. The summed E-state index contributed by atoms with van der Waals surface area (Å²) in [4.78, 5) is 0. The molecule has 0 aliphatic heterocycles. The van der Waals surface area contributed by atoms with Crippen molar-refractivity contribution in [2.45, 2.75) is 60.8 Å². The van der Waals surface area contributed by atoms with E-state index in [4.69, 9.17) is 0 Å². The molecule has 0 bridgehead atoms. The second-order valence-corrected chi connectivity index (χ2v) is 7.36. The molecule has 0 heterocycles. The summed E-state index contributed by atoms with van der Waals surface area (Å²) >= 11 is 0. The first-order chi connectivity index (χ1) is 9.67. The Morgan fingerprint density at radius 3 is 1.81 bits per heavy atom. The zero-order chi connectivity index (χ0) is 15.7. The van der Waals surface area contributed by atoms with Gasteiger partial charge in [0.15, 0.2) is 0 Å². The Morgan fingerprint density at radius 2 is 1.19 bits per heavy atom. The minimum atomic E-state index is 0.108. The number of rotatable bonds is 0. The van der Waals surface area contributed by atoms with Crippen molar-refractivity contribution >= 4 is 0 Å². The Hall–Kier alpha value is -1.56. The summed E-state index contributed by atoms with van der Waals surface area (Å²) in [6.45, 7) is 18.3. The Labute approximate surface area is 129 Å². The molecule has 1 aliphatic rings. The van der Waals surface area contributed by atoms with E-state index in [1.807, 2.05) is 0 Å². The van der Waals surface area contributed by atoms with E-state index in [2.05, 4.69) is 67.5 Å². The van der Waals surface area contributed by atoms with Crippen molar-refractivity contribution in [1.82, 2.24) is 0 Å². The SMILES string of the molecule is Cc1cc2c(c(C)c1C)-c1cc(C)c(C)c(C)c1C2(C)C. The Bertz CT molecular complexity index is 774. The lowest BCUT2D eigenvalue weighted by molar-refractivity contribution is 0.653. The van der Waals surface area contributed by atoms with Crippen LogP contribution in [0, 0.1) is 41.5 Å². The molecule has 0 fully saturated rings. The van der Waals surface area contributed by atoms with E-state index in [0.717, 1.165) is 0 Å². The third kappa shape index (κ3) is 1.68. The summed E-state index contributed by atoms with van der Waals surface area (Å²) in [5.41, 5.74) is 14.7. The molecule has 0 heteroatoms. The molecule has 2 aromatic rings. The van der Waals surface area contributed by atoms with Crippen molar-refractivity contribution in [3.63, 3.8) is 0 Å². The molecule has 0 spiro atoms. The van der Waals surface area contributed by atoms with Crippen LogP contribution in [0.15, 0.2) is 12.1 Å². The summed E-state index contributed by atoms with van der Waals surface area (Å²) < 4.78 is 0. The van der Waals surface area contributed by atoms with Gasteiger partial charge < -0.3 is 0 Å². The lowest BCUT2D eigenvalue weighted by Gasteiger charge is -2.25. The van der Waals surface area contributed by atoms with E-state index >= 15 is 0 Å². The number of hydrogen-bond donors (Lipinski definition) is 0. The Kier molecular flexibility index (Phi) is 2.89. The van der Waals surface area contributed by atoms with E-state index in [1.54, 1.807) is 0 Å². The van der Waals surface area contributed by atoms with Crippen LogP contribution in [-0.2, 0) is 5.41 Å². The van der Waals surface area contributed by atoms with Crippen LogP contribution in [0.2, 0.25) is 0 Å². The molecule has 1 aliphatic carbocycles. The van der Waals surface area contributed by atoms with Gasteiger partial charge in [0.05, 0.1) is 0 Å². The summed E-state index contributed by atoms with van der Waals surface area (Å²) in [5, 5.41) is 0. The van der Waals surface area contributed by atoms with Gasteiger partial charge in [-0.15, -0.1) is 0 Å². The summed E-state index contributed by atoms with van der Waals surface area (Å²) in [5.74, 6) is 0. The fourth-order valence-electron chi connectivity index (χ4n) is 4.14. The number of hydrogen-bond acceptors (Lipinski definition) is 0. The van der Waals surface area contributed by atoms with Crippen LogP contribution in [-0.4, -0.2) is 0 Å². The second kappa shape index (κ2) is 4.22. The number of aryl methyl sites for hydroxylation is 2. The number of fused-ring (bicyclic) bond motifs is 3. The fraction of sp³-hybridized carbons (Fsp3) is 0.429. The van der Waals surface area contributed by atoms with Crippen LogP contribution in [0.1, 0.15) is 58.4 Å². The maximum atomic E-state index is 2.42. The van der Waals surface area contributed by atoms with Gasteiger partial charge in [-0.05, 0) is 97.2 Å². The molecule has 0 nitrogen and oxygen atoms in total. The van der Waals surface area contributed by atoms with E-state index in [0.29, 0.717) is 0 Å². The second-order valence-electron chi connectivity index (χ2n) is 7.36. The van der Waals surface area contributed by atoms with Crippen LogP contribution in [0.3, 0.4) is 0 Å². The van der Waals surface area contributed by atoms with Crippen LogP contribution >= 0.6 is 0 Å². The van der Waals surface area contributed by atoms with E-state index < -0.39 is 0 Å². The molecule has 0 saturated heterocycles. The molecule has 0 N–H and O–H groups in total. The summed E-state index contributed by atoms with van der Waals surface area (Å²) in [7, 11) is 0. The van der Waals surface area contributed by atoms with E-state index in [1.165, 1.54) is 55.6 Å². The fourth-order valence-corrected chi connectivity index (χ4v) is 4.14. The highest BCUT2D eigenvalue weighted by Gasteiger charge is 2.38. The maximum absolute atomic E-state index is 2.42. The van der Waals surface area contributed by atoms with Crippen LogP contribution in [0.4, 0.5) is 0 Å². The third-order valence-corrected chi connectivity index (χ3v) is 5.89. The zero-order valence-corrected chi connectivity index (χ0v) is 14.7. The Balaban J connectivity index is 2.52. The smallest absolute Gasteiger partial charge is 0.0161 e. The van der Waals surface area contributed by atoms with Crippen molar-refractivity contribution in [2.24, 2.45) is 0 Å². The Morgan fingerprint density at radius 1 is 0.667 bits per heavy atom. The van der Waals surface area contributed by atoms with Crippen molar-refractivity contribution in [3.05, 3.63) is 56.6 Å². The van der Waals surface area contributed by atoms with Gasteiger partial charge in [-0.25, -0.2) is 0 Å². The predicted octanol–water partition coefficient (Wildman–Crippen LogP) is 5.84. The van der Waals surface area contributed by atoms with Gasteiger partial charge in [-0.3, -0.25) is 0 Å². The van der Waals surface area contributed by atoms with Crippen LogP contribution < -0.4 is 0 Å². The first kappa shape index (κ1) is 14.4. The highest BCUT2D eigenvalue weighted by atomic mass is 14.4. The summed E-state index contributed by atoms with van der Waals surface area (Å²) in [6, 6.07) is 4.83. The zero-order valence-electron chi connectivity index (χ0n) is 14.7. The van der Waals surface area contributed by atoms with Gasteiger partial charge in [0.25, 0.3) is 0 Å². The molecule has 0 atom stereocenters. The average Bonchev–Trinajstić information content (AvgIpc) is 2.61. The molecule has 110 valence electrons. The molecule has 21 heavy (non-hydrogen) atoms. The van der Waals surface area contributed by atoms with Crippen molar-refractivity contribution in [3.8, 4) is 11.1 Å². The molecular weight excluding hydrogens is 252 g/mol. The van der Waals surface area contributed by atoms with Gasteiger partial charge >= 0.3 is 0 Å². The van der Waals surface area contributed by atoms with Crippen LogP contribution in [0.5, 0.6) is 0 Å². The third-order valence-electron chi connectivity index (χ3n) is 5.89. The lowest BCUT2D eigenvalue weighted by atomic mass is 9.78. The normalized spacial score (nSPS) is 15.0. The van der Waals surface area contributed by atoms with Gasteiger partial charge in [0.1, 0.15) is 0 Å². The van der Waals surface area contributed by atoms with Gasteiger partial charge in [0.2, 0.25) is 0 Å². The standard InChI is InChI=1S/C21H26/c1-11-9-17-19-15(5)13(3)12(2)10-18(19)21(7,8)20(17)16(6)14(11)4/h9-10H,1-8H3. The van der Waals surface area contributed by atoms with Gasteiger partial charge in [-0.2, -0.15) is 0 Å². The quantitative estimate of drug-likeness (QED) is 0.567. The van der Waals surface area contributed by atoms with Gasteiger partial charge in [0, 0.05) is 5.41 Å². The molecule has 3 rings (SSSR count). The molecule has 0 unspecified atom stereocenters. The van der Waals surface area contributed by atoms with Crippen molar-refractivity contribution in [1.29, 1.82) is 0 Å². The molecule has 0 saturated carbocycles. The van der Waals surface area contributed by atoms with Gasteiger partial charge in [-0.1, -0.05) is 26.0 Å². The highest BCUT2D eigenvalue weighted by molar-refractivity contribution is 5.86. The number of benzene rings is 2. The van der Waals surface area contributed by atoms with E-state index in [-0.39, 0.29) is 5.41 Å². The predicted molar refractivity (Wildman–Crippen MR) is 92.4 cm³/mol. The molecule has 2 aromatic carbocycles. The van der Waals surface area contributed by atoms with Crippen LogP contribution in [0.25, 0.3) is 11.1 Å². The largest absolute Gasteiger partial charge is 0.0543 e. The van der Waals surface area contributed by atoms with Crippen molar-refractivity contribution in [2.75, 3.05) is 0 Å². The first-order valence-electron chi connectivity index (χ1n) is 7.90. The van der Waals surface area contributed by atoms with Crippen molar-refractivity contribution < 1.29 is 0 Å². The van der Waals surface area contributed by atoms with E-state index in [9.17, 15) is 0 Å². The lowest BCUT2D eigenvalue weighted by Crippen LogP contribution is -2.17. The first-order valence-corrected chi connectivity index (χ1v) is 7.90. The minimum absolute atomic E-state index is 0.108. The highest BCUT2D eigenvalue weighted by Crippen LogP contribution is 2.53. The molecule has 0 radical (unpaired) electrons. The summed E-state index contributed by atoms with van der Waals surface area (Å²) in [6.07, 6.45) is 0. The average molecular weight is 278 g/mol. The maximum Gasteiger partial charge on any atom is 0.0161 e. The molecule has 0 aromatic heterocycles. The molecular formula is C21H26.